The number of imidazole rings is 2. The lowest BCUT2D eigenvalue weighted by molar-refractivity contribution is 0.484. The molecule has 6 aromatic carbocycles. The van der Waals surface area contributed by atoms with Crippen molar-refractivity contribution in [2.24, 2.45) is 0 Å². The summed E-state index contributed by atoms with van der Waals surface area (Å²) in [6.07, 6.45) is 7.84. The molecule has 10 aromatic rings. The highest BCUT2D eigenvalue weighted by Crippen LogP contribution is 2.44. The minimum absolute atomic E-state index is 0.758. The minimum Gasteiger partial charge on any atom is -0.457 e. The summed E-state index contributed by atoms with van der Waals surface area (Å²) in [5, 5.41) is 6.75. The molecule has 0 fully saturated rings. The Kier molecular flexibility index (Phi) is 6.37. The van der Waals surface area contributed by atoms with E-state index in [9.17, 15) is 0 Å². The molecule has 244 valence electrons. The van der Waals surface area contributed by atoms with Gasteiger partial charge in [-0.3, -0.25) is 8.80 Å². The van der Waals surface area contributed by atoms with E-state index in [1.807, 2.05) is 18.6 Å². The highest BCUT2D eigenvalue weighted by molar-refractivity contribution is 6.15. The van der Waals surface area contributed by atoms with Crippen molar-refractivity contribution in [2.75, 3.05) is 0 Å². The van der Waals surface area contributed by atoms with Gasteiger partial charge in [-0.15, -0.1) is 0 Å². The number of pyridine rings is 2. The van der Waals surface area contributed by atoms with Crippen molar-refractivity contribution in [1.82, 2.24) is 18.8 Å². The maximum absolute atomic E-state index is 6.62. The average Bonchev–Trinajstić information content (AvgIpc) is 3.84. The number of aromatic nitrogens is 4. The summed E-state index contributed by atoms with van der Waals surface area (Å²) in [5.41, 5.74) is 14.2. The van der Waals surface area contributed by atoms with Crippen LogP contribution in [0.4, 0.5) is 0 Å². The molecule has 0 aliphatic rings. The van der Waals surface area contributed by atoms with Gasteiger partial charge in [0.15, 0.2) is 0 Å². The Morgan fingerprint density at radius 3 is 1.53 bits per heavy atom. The summed E-state index contributed by atoms with van der Waals surface area (Å²) in [7, 11) is 0. The second kappa shape index (κ2) is 11.0. The fourth-order valence-corrected chi connectivity index (χ4v) is 8.35. The SMILES string of the molecule is Cc1cccc(C)c1-c1cc2c3ccc(Oc4ccc5c6ccccc6n6ccnc6c5c4)cc3c3nccn3c2cc1-c1c(C)cccc1C. The summed E-state index contributed by atoms with van der Waals surface area (Å²) >= 11 is 0. The van der Waals surface area contributed by atoms with Gasteiger partial charge in [0.05, 0.1) is 11.0 Å². The zero-order valence-corrected chi connectivity index (χ0v) is 28.9. The second-order valence-corrected chi connectivity index (χ2v) is 13.7. The van der Waals surface area contributed by atoms with Crippen LogP contribution in [0.1, 0.15) is 22.3 Å². The number of aryl methyl sites for hydroxylation is 4. The minimum atomic E-state index is 0.758. The van der Waals surface area contributed by atoms with E-state index in [2.05, 4.69) is 152 Å². The van der Waals surface area contributed by atoms with E-state index in [1.54, 1.807) is 0 Å². The van der Waals surface area contributed by atoms with Gasteiger partial charge in [0.1, 0.15) is 22.8 Å². The molecule has 0 radical (unpaired) electrons. The maximum atomic E-state index is 6.62. The van der Waals surface area contributed by atoms with Gasteiger partial charge in [-0.25, -0.2) is 9.97 Å². The molecule has 0 aliphatic heterocycles. The zero-order valence-electron chi connectivity index (χ0n) is 28.9. The van der Waals surface area contributed by atoms with Crippen LogP contribution in [0.25, 0.3) is 76.9 Å². The van der Waals surface area contributed by atoms with Crippen molar-refractivity contribution in [3.05, 3.63) is 156 Å². The molecule has 0 unspecified atom stereocenters. The van der Waals surface area contributed by atoms with Crippen LogP contribution in [0, 0.1) is 27.7 Å². The fraction of sp³-hybridized carbons (Fsp3) is 0.0870. The van der Waals surface area contributed by atoms with Gasteiger partial charge in [-0.2, -0.15) is 0 Å². The normalized spacial score (nSPS) is 11.9. The quantitative estimate of drug-likeness (QED) is 0.177. The molecular weight excluding hydrogens is 625 g/mol. The summed E-state index contributed by atoms with van der Waals surface area (Å²) in [6.45, 7) is 8.86. The Morgan fingerprint density at radius 2 is 0.941 bits per heavy atom. The molecule has 51 heavy (non-hydrogen) atoms. The lowest BCUT2D eigenvalue weighted by atomic mass is 9.85. The predicted molar refractivity (Wildman–Crippen MR) is 210 cm³/mol. The molecule has 0 saturated carbocycles. The molecular formula is C46H34N4O. The van der Waals surface area contributed by atoms with Gasteiger partial charge in [0.2, 0.25) is 0 Å². The van der Waals surface area contributed by atoms with E-state index in [0.29, 0.717) is 0 Å². The standard InChI is InChI=1S/C46H34N4O/c1-27-9-7-10-28(2)43(27)37-25-36-34-18-16-32(51-31-15-17-33-35-13-5-6-14-41(35)49-21-19-47-45(49)39(33)23-31)24-40(34)46-48-20-22-50(46)42(36)26-38(37)44-29(3)11-8-12-30(44)4/h5-26H,1-4H3. The molecule has 0 saturated heterocycles. The summed E-state index contributed by atoms with van der Waals surface area (Å²) in [6, 6.07) is 39.1. The van der Waals surface area contributed by atoms with E-state index in [1.165, 1.54) is 55.3 Å². The van der Waals surface area contributed by atoms with Crippen LogP contribution in [0.2, 0.25) is 0 Å². The first-order chi connectivity index (χ1) is 24.9. The van der Waals surface area contributed by atoms with Gasteiger partial charge in [0, 0.05) is 46.3 Å². The van der Waals surface area contributed by atoms with Gasteiger partial charge < -0.3 is 4.74 Å². The van der Waals surface area contributed by atoms with Crippen molar-refractivity contribution in [3.63, 3.8) is 0 Å². The van der Waals surface area contributed by atoms with Crippen LogP contribution in [0.5, 0.6) is 11.5 Å². The molecule has 4 aromatic heterocycles. The number of nitrogens with zero attached hydrogens (tertiary/aromatic N) is 4. The van der Waals surface area contributed by atoms with Crippen LogP contribution >= 0.6 is 0 Å². The van der Waals surface area contributed by atoms with Crippen LogP contribution < -0.4 is 4.74 Å². The summed E-state index contributed by atoms with van der Waals surface area (Å²) < 4.78 is 11.0. The number of hydrogen-bond acceptors (Lipinski definition) is 3. The summed E-state index contributed by atoms with van der Waals surface area (Å²) in [5.74, 6) is 1.52. The highest BCUT2D eigenvalue weighted by Gasteiger charge is 2.20. The van der Waals surface area contributed by atoms with Crippen LogP contribution in [0.15, 0.2) is 134 Å². The molecule has 0 N–H and O–H groups in total. The topological polar surface area (TPSA) is 43.8 Å². The van der Waals surface area contributed by atoms with Crippen molar-refractivity contribution in [1.29, 1.82) is 0 Å². The van der Waals surface area contributed by atoms with E-state index < -0.39 is 0 Å². The van der Waals surface area contributed by atoms with Gasteiger partial charge in [-0.1, -0.05) is 54.6 Å². The first-order valence-corrected chi connectivity index (χ1v) is 17.4. The maximum Gasteiger partial charge on any atom is 0.145 e. The number of hydrogen-bond donors (Lipinski definition) is 0. The molecule has 4 heterocycles. The first-order valence-electron chi connectivity index (χ1n) is 17.4. The lowest BCUT2D eigenvalue weighted by Gasteiger charge is -2.20. The summed E-state index contributed by atoms with van der Waals surface area (Å²) in [4.78, 5) is 9.60. The fourth-order valence-electron chi connectivity index (χ4n) is 8.35. The number of rotatable bonds is 4. The number of ether oxygens (including phenoxy) is 1. The Hall–Kier alpha value is -6.46. The van der Waals surface area contributed by atoms with Crippen molar-refractivity contribution in [3.8, 4) is 33.8 Å². The lowest BCUT2D eigenvalue weighted by Crippen LogP contribution is -1.98. The monoisotopic (exact) mass is 658 g/mol. The predicted octanol–water partition coefficient (Wildman–Crippen LogP) is 12.0. The van der Waals surface area contributed by atoms with Crippen molar-refractivity contribution < 1.29 is 4.74 Å². The highest BCUT2D eigenvalue weighted by atomic mass is 16.5. The third kappa shape index (κ3) is 4.41. The average molecular weight is 659 g/mol. The molecule has 0 spiro atoms. The Balaban J connectivity index is 1.18. The van der Waals surface area contributed by atoms with Crippen molar-refractivity contribution >= 4 is 54.6 Å². The van der Waals surface area contributed by atoms with Crippen LogP contribution in [0.3, 0.4) is 0 Å². The number of benzene rings is 6. The Morgan fingerprint density at radius 1 is 0.431 bits per heavy atom. The van der Waals surface area contributed by atoms with E-state index in [-0.39, 0.29) is 0 Å². The third-order valence-electron chi connectivity index (χ3n) is 10.6. The smallest absolute Gasteiger partial charge is 0.145 e. The number of para-hydroxylation sites is 1. The van der Waals surface area contributed by atoms with E-state index in [4.69, 9.17) is 14.7 Å². The van der Waals surface area contributed by atoms with Crippen molar-refractivity contribution in [2.45, 2.75) is 27.7 Å². The molecule has 10 rings (SSSR count). The van der Waals surface area contributed by atoms with Crippen LogP contribution in [-0.2, 0) is 0 Å². The van der Waals surface area contributed by atoms with Gasteiger partial charge in [0.25, 0.3) is 0 Å². The Bertz CT molecular complexity index is 3020. The third-order valence-corrected chi connectivity index (χ3v) is 10.6. The molecule has 5 nitrogen and oxygen atoms in total. The van der Waals surface area contributed by atoms with E-state index in [0.717, 1.165) is 55.4 Å². The first kappa shape index (κ1) is 29.5. The van der Waals surface area contributed by atoms with E-state index >= 15 is 0 Å². The Labute approximate surface area is 295 Å². The largest absolute Gasteiger partial charge is 0.457 e. The molecule has 5 heteroatoms. The molecule has 0 aliphatic carbocycles. The van der Waals surface area contributed by atoms with Crippen LogP contribution in [-0.4, -0.2) is 18.8 Å². The van der Waals surface area contributed by atoms with Gasteiger partial charge in [-0.05, 0) is 138 Å². The van der Waals surface area contributed by atoms with Gasteiger partial charge >= 0.3 is 0 Å². The molecule has 0 atom stereocenters. The number of fused-ring (bicyclic) bond motifs is 12. The second-order valence-electron chi connectivity index (χ2n) is 13.7. The zero-order chi connectivity index (χ0) is 34.4. The molecule has 0 amide bonds. The molecule has 0 bridgehead atoms.